The minimum atomic E-state index is -0.613. The van der Waals surface area contributed by atoms with Gasteiger partial charge >= 0.3 is 6.09 Å². The Balaban J connectivity index is 1.67. The van der Waals surface area contributed by atoms with E-state index in [1.54, 1.807) is 30.6 Å². The van der Waals surface area contributed by atoms with Gasteiger partial charge in [-0.05, 0) is 42.0 Å². The molecule has 3 aromatic rings. The predicted octanol–water partition coefficient (Wildman–Crippen LogP) is 5.31. The van der Waals surface area contributed by atoms with E-state index in [0.29, 0.717) is 15.6 Å². The molecule has 1 saturated heterocycles. The summed E-state index contributed by atoms with van der Waals surface area (Å²) < 4.78 is 5.46. The summed E-state index contributed by atoms with van der Waals surface area (Å²) in [7, 11) is 0. The minimum Gasteiger partial charge on any atom is -0.439 e. The zero-order valence-corrected chi connectivity index (χ0v) is 16.0. The standard InChI is InChI=1S/C22H14Cl2N2O2/c23-17-8-9-19(24)18(11-17)21-20(26-22(27)28-21)16-10-15(12-25-13-16)7-6-14-4-2-1-3-5-14/h1-5,8-13,20-21H,(H,26,27)/t20-,21+/m0/s1. The quantitative estimate of drug-likeness (QED) is 0.584. The van der Waals surface area contributed by atoms with E-state index in [1.807, 2.05) is 36.4 Å². The van der Waals surface area contributed by atoms with Crippen molar-refractivity contribution >= 4 is 29.3 Å². The molecule has 1 fully saturated rings. The molecule has 1 aliphatic heterocycles. The summed E-state index contributed by atoms with van der Waals surface area (Å²) in [5.74, 6) is 6.20. The predicted molar refractivity (Wildman–Crippen MR) is 108 cm³/mol. The van der Waals surface area contributed by atoms with Crippen LogP contribution in [0.5, 0.6) is 0 Å². The first-order chi connectivity index (χ1) is 13.6. The molecule has 1 amide bonds. The lowest BCUT2D eigenvalue weighted by Gasteiger charge is -2.19. The number of nitrogens with zero attached hydrogens (tertiary/aromatic N) is 1. The van der Waals surface area contributed by atoms with E-state index in [-0.39, 0.29) is 0 Å². The number of hydrogen-bond donors (Lipinski definition) is 1. The highest BCUT2D eigenvalue weighted by atomic mass is 35.5. The molecule has 4 rings (SSSR count). The van der Waals surface area contributed by atoms with Crippen LogP contribution in [-0.4, -0.2) is 11.1 Å². The lowest BCUT2D eigenvalue weighted by Crippen LogP contribution is -2.20. The Bertz CT molecular complexity index is 1090. The summed E-state index contributed by atoms with van der Waals surface area (Å²) >= 11 is 12.4. The van der Waals surface area contributed by atoms with Gasteiger partial charge in [0.15, 0.2) is 6.10 Å². The lowest BCUT2D eigenvalue weighted by atomic mass is 9.97. The second kappa shape index (κ2) is 7.93. The molecule has 0 saturated carbocycles. The van der Waals surface area contributed by atoms with Gasteiger partial charge in [-0.3, -0.25) is 4.98 Å². The number of benzene rings is 2. The number of halogens is 2. The Labute approximate surface area is 172 Å². The third kappa shape index (κ3) is 3.96. The van der Waals surface area contributed by atoms with E-state index in [1.165, 1.54) is 0 Å². The van der Waals surface area contributed by atoms with Crippen LogP contribution in [0.1, 0.15) is 34.4 Å². The largest absolute Gasteiger partial charge is 0.439 e. The highest BCUT2D eigenvalue weighted by Gasteiger charge is 2.38. The maximum Gasteiger partial charge on any atom is 0.408 e. The maximum absolute atomic E-state index is 11.9. The lowest BCUT2D eigenvalue weighted by molar-refractivity contribution is 0.132. The van der Waals surface area contributed by atoms with Gasteiger partial charge in [-0.2, -0.15) is 0 Å². The van der Waals surface area contributed by atoms with E-state index in [2.05, 4.69) is 22.1 Å². The molecule has 0 aliphatic carbocycles. The van der Waals surface area contributed by atoms with Crippen molar-refractivity contribution in [2.24, 2.45) is 0 Å². The van der Waals surface area contributed by atoms with Gasteiger partial charge in [0.25, 0.3) is 0 Å². The summed E-state index contributed by atoms with van der Waals surface area (Å²) in [6.07, 6.45) is 2.22. The molecule has 0 radical (unpaired) electrons. The number of hydrogen-bond acceptors (Lipinski definition) is 3. The normalized spacial score (nSPS) is 18.0. The smallest absolute Gasteiger partial charge is 0.408 e. The maximum atomic E-state index is 11.9. The molecular weight excluding hydrogens is 395 g/mol. The Morgan fingerprint density at radius 3 is 2.57 bits per heavy atom. The summed E-state index contributed by atoms with van der Waals surface area (Å²) in [6, 6.07) is 16.2. The van der Waals surface area contributed by atoms with E-state index in [9.17, 15) is 4.79 Å². The molecular formula is C22H14Cl2N2O2. The number of ether oxygens (including phenoxy) is 1. The first-order valence-corrected chi connectivity index (χ1v) is 9.30. The number of alkyl carbamates (subject to hydrolysis) is 1. The number of rotatable bonds is 2. The van der Waals surface area contributed by atoms with Crippen LogP contribution in [0.4, 0.5) is 4.79 Å². The van der Waals surface area contributed by atoms with Crippen molar-refractivity contribution in [2.75, 3.05) is 0 Å². The average molecular weight is 409 g/mol. The second-order valence-electron chi connectivity index (χ2n) is 6.24. The van der Waals surface area contributed by atoms with Crippen LogP contribution in [-0.2, 0) is 4.74 Å². The Kier molecular flexibility index (Phi) is 5.21. The van der Waals surface area contributed by atoms with Gasteiger partial charge in [0, 0.05) is 39.1 Å². The van der Waals surface area contributed by atoms with Gasteiger partial charge in [-0.25, -0.2) is 4.79 Å². The molecule has 28 heavy (non-hydrogen) atoms. The van der Waals surface area contributed by atoms with E-state index in [4.69, 9.17) is 27.9 Å². The molecule has 6 heteroatoms. The van der Waals surface area contributed by atoms with E-state index < -0.39 is 18.2 Å². The number of carbonyl (C=O) groups is 1. The third-order valence-electron chi connectivity index (χ3n) is 4.32. The zero-order chi connectivity index (χ0) is 19.5. The van der Waals surface area contributed by atoms with Crippen LogP contribution in [0.15, 0.2) is 67.0 Å². The molecule has 1 N–H and O–H groups in total. The van der Waals surface area contributed by atoms with Crippen molar-refractivity contribution in [3.63, 3.8) is 0 Å². The van der Waals surface area contributed by atoms with Crippen LogP contribution in [0.2, 0.25) is 10.0 Å². The molecule has 2 aromatic carbocycles. The van der Waals surface area contributed by atoms with Crippen molar-refractivity contribution in [2.45, 2.75) is 12.1 Å². The number of aromatic nitrogens is 1. The SMILES string of the molecule is O=C1N[C@@H](c2cncc(C#Cc3ccccc3)c2)[C@@H](c2cc(Cl)ccc2Cl)O1. The Morgan fingerprint density at radius 1 is 0.964 bits per heavy atom. The summed E-state index contributed by atoms with van der Waals surface area (Å²) in [5.41, 5.74) is 3.05. The van der Waals surface area contributed by atoms with E-state index >= 15 is 0 Å². The van der Waals surface area contributed by atoms with Gasteiger partial charge in [0.2, 0.25) is 0 Å². The molecule has 2 atom stereocenters. The first-order valence-electron chi connectivity index (χ1n) is 8.54. The van der Waals surface area contributed by atoms with Gasteiger partial charge in [-0.1, -0.05) is 53.2 Å². The number of pyridine rings is 1. The number of nitrogens with one attached hydrogen (secondary N) is 1. The van der Waals surface area contributed by atoms with E-state index in [0.717, 1.165) is 16.7 Å². The van der Waals surface area contributed by atoms with Crippen molar-refractivity contribution < 1.29 is 9.53 Å². The number of cyclic esters (lactones) is 1. The summed E-state index contributed by atoms with van der Waals surface area (Å²) in [5, 5.41) is 3.81. The van der Waals surface area contributed by atoms with Crippen molar-refractivity contribution in [1.82, 2.24) is 10.3 Å². The second-order valence-corrected chi connectivity index (χ2v) is 7.08. The molecule has 0 bridgehead atoms. The van der Waals surface area contributed by atoms with Crippen molar-refractivity contribution in [3.8, 4) is 11.8 Å². The molecule has 4 nitrogen and oxygen atoms in total. The Hall–Kier alpha value is -3.00. The van der Waals surface area contributed by atoms with Crippen LogP contribution in [0.3, 0.4) is 0 Å². The monoisotopic (exact) mass is 408 g/mol. The topological polar surface area (TPSA) is 51.2 Å². The van der Waals surface area contributed by atoms with Gasteiger partial charge in [-0.15, -0.1) is 0 Å². The molecule has 1 aliphatic rings. The summed E-state index contributed by atoms with van der Waals surface area (Å²) in [4.78, 5) is 16.2. The fourth-order valence-corrected chi connectivity index (χ4v) is 3.42. The van der Waals surface area contributed by atoms with Gasteiger partial charge < -0.3 is 10.1 Å². The van der Waals surface area contributed by atoms with Crippen LogP contribution < -0.4 is 5.32 Å². The highest BCUT2D eigenvalue weighted by Crippen LogP contribution is 2.40. The molecule has 138 valence electrons. The van der Waals surface area contributed by atoms with Crippen LogP contribution >= 0.6 is 23.2 Å². The zero-order valence-electron chi connectivity index (χ0n) is 14.5. The minimum absolute atomic E-state index is 0.450. The number of amides is 1. The Morgan fingerprint density at radius 2 is 1.75 bits per heavy atom. The molecule has 1 aromatic heterocycles. The molecule has 0 spiro atoms. The fourth-order valence-electron chi connectivity index (χ4n) is 3.02. The summed E-state index contributed by atoms with van der Waals surface area (Å²) in [6.45, 7) is 0. The van der Waals surface area contributed by atoms with Gasteiger partial charge in [0.1, 0.15) is 6.04 Å². The van der Waals surface area contributed by atoms with Crippen molar-refractivity contribution in [1.29, 1.82) is 0 Å². The third-order valence-corrected chi connectivity index (χ3v) is 4.90. The van der Waals surface area contributed by atoms with Crippen LogP contribution in [0, 0.1) is 11.8 Å². The molecule has 2 heterocycles. The number of carbonyl (C=O) groups excluding carboxylic acids is 1. The molecule has 0 unspecified atom stereocenters. The van der Waals surface area contributed by atoms with Gasteiger partial charge in [0.05, 0.1) is 0 Å². The average Bonchev–Trinajstić information content (AvgIpc) is 3.11. The van der Waals surface area contributed by atoms with Crippen molar-refractivity contribution in [3.05, 3.63) is 99.3 Å². The fraction of sp³-hybridized carbons (Fsp3) is 0.0909. The first kappa shape index (κ1) is 18.4. The van der Waals surface area contributed by atoms with Crippen LogP contribution in [0.25, 0.3) is 0 Å². The highest BCUT2D eigenvalue weighted by molar-refractivity contribution is 6.33.